The summed E-state index contributed by atoms with van der Waals surface area (Å²) in [6.45, 7) is 6.91. The van der Waals surface area contributed by atoms with Gasteiger partial charge in [-0.25, -0.2) is 13.8 Å². The summed E-state index contributed by atoms with van der Waals surface area (Å²) in [6, 6.07) is 2.22. The van der Waals surface area contributed by atoms with Crippen molar-refractivity contribution in [1.29, 1.82) is 0 Å². The van der Waals surface area contributed by atoms with Gasteiger partial charge in [-0.2, -0.15) is 0 Å². The van der Waals surface area contributed by atoms with Gasteiger partial charge in [0, 0.05) is 12.6 Å². The molecular weight excluding hydrogens is 294 g/mol. The summed E-state index contributed by atoms with van der Waals surface area (Å²) < 4.78 is 29.4. The smallest absolute Gasteiger partial charge is 0.153 e. The number of fused-ring (bicyclic) bond motifs is 1. The second-order valence-electron chi connectivity index (χ2n) is 6.44. The SMILES string of the molecule is CC(Cl)c1nc2c(F)cc(F)cc2n1CC1(C(C)C)CC1. The number of rotatable bonds is 4. The highest BCUT2D eigenvalue weighted by Crippen LogP contribution is 2.53. The number of nitrogens with zero attached hydrogens (tertiary/aromatic N) is 2. The number of hydrogen-bond donors (Lipinski definition) is 0. The van der Waals surface area contributed by atoms with Crippen molar-refractivity contribution in [1.82, 2.24) is 9.55 Å². The van der Waals surface area contributed by atoms with E-state index in [1.807, 2.05) is 11.5 Å². The molecule has 1 aliphatic carbocycles. The van der Waals surface area contributed by atoms with Crippen molar-refractivity contribution in [3.63, 3.8) is 0 Å². The van der Waals surface area contributed by atoms with E-state index in [1.54, 1.807) is 0 Å². The molecule has 2 aromatic rings. The summed E-state index contributed by atoms with van der Waals surface area (Å²) in [5, 5.41) is -0.345. The molecule has 1 aromatic carbocycles. The highest BCUT2D eigenvalue weighted by atomic mass is 35.5. The minimum Gasteiger partial charge on any atom is -0.326 e. The van der Waals surface area contributed by atoms with Gasteiger partial charge < -0.3 is 4.57 Å². The van der Waals surface area contributed by atoms with E-state index in [0.29, 0.717) is 17.3 Å². The van der Waals surface area contributed by atoms with Gasteiger partial charge in [0.2, 0.25) is 0 Å². The van der Waals surface area contributed by atoms with E-state index < -0.39 is 11.6 Å². The van der Waals surface area contributed by atoms with Gasteiger partial charge in [-0.1, -0.05) is 13.8 Å². The fourth-order valence-corrected chi connectivity index (χ4v) is 3.20. The van der Waals surface area contributed by atoms with E-state index in [4.69, 9.17) is 11.6 Å². The minimum absolute atomic E-state index is 0.205. The van der Waals surface area contributed by atoms with E-state index in [2.05, 4.69) is 18.8 Å². The number of benzene rings is 1. The van der Waals surface area contributed by atoms with Crippen LogP contribution in [-0.4, -0.2) is 9.55 Å². The molecule has 1 fully saturated rings. The number of aromatic nitrogens is 2. The fourth-order valence-electron chi connectivity index (χ4n) is 3.03. The lowest BCUT2D eigenvalue weighted by Gasteiger charge is -2.22. The third kappa shape index (κ3) is 2.44. The van der Waals surface area contributed by atoms with Crippen LogP contribution in [0.2, 0.25) is 0 Å². The summed E-state index contributed by atoms with van der Waals surface area (Å²) in [7, 11) is 0. The molecule has 0 aliphatic heterocycles. The van der Waals surface area contributed by atoms with Crippen LogP contribution in [0.1, 0.15) is 44.8 Å². The van der Waals surface area contributed by atoms with E-state index >= 15 is 0 Å². The highest BCUT2D eigenvalue weighted by molar-refractivity contribution is 6.20. The Labute approximate surface area is 128 Å². The number of alkyl halides is 1. The largest absolute Gasteiger partial charge is 0.326 e. The molecule has 0 N–H and O–H groups in total. The first-order chi connectivity index (χ1) is 9.84. The standard InChI is InChI=1S/C16H19ClF2N2/c1-9(2)16(4-5-16)8-21-13-7-11(18)6-12(19)14(13)20-15(21)10(3)17/h6-7,9-10H,4-5,8H2,1-3H3. The average molecular weight is 313 g/mol. The first-order valence-electron chi connectivity index (χ1n) is 7.33. The molecule has 1 aliphatic rings. The summed E-state index contributed by atoms with van der Waals surface area (Å²) in [5.74, 6) is -0.0732. The van der Waals surface area contributed by atoms with E-state index in [-0.39, 0.29) is 16.3 Å². The first kappa shape index (κ1) is 14.8. The molecule has 0 amide bonds. The minimum atomic E-state index is -0.628. The van der Waals surface area contributed by atoms with E-state index in [9.17, 15) is 8.78 Å². The van der Waals surface area contributed by atoms with Gasteiger partial charge in [0.1, 0.15) is 17.2 Å². The molecule has 1 saturated carbocycles. The van der Waals surface area contributed by atoms with E-state index in [1.165, 1.54) is 6.07 Å². The molecule has 0 spiro atoms. The molecule has 5 heteroatoms. The van der Waals surface area contributed by atoms with Crippen LogP contribution in [0.25, 0.3) is 11.0 Å². The molecule has 0 radical (unpaired) electrons. The van der Waals surface area contributed by atoms with Crippen LogP contribution in [0.5, 0.6) is 0 Å². The number of imidazole rings is 1. The molecule has 0 bridgehead atoms. The summed E-state index contributed by atoms with van der Waals surface area (Å²) in [5.41, 5.74) is 0.914. The van der Waals surface area contributed by atoms with Crippen LogP contribution < -0.4 is 0 Å². The first-order valence-corrected chi connectivity index (χ1v) is 7.77. The molecule has 3 rings (SSSR count). The Morgan fingerprint density at radius 2 is 1.95 bits per heavy atom. The molecule has 1 aromatic heterocycles. The molecule has 21 heavy (non-hydrogen) atoms. The fraction of sp³-hybridized carbons (Fsp3) is 0.562. The molecule has 1 unspecified atom stereocenters. The van der Waals surface area contributed by atoms with Crippen LogP contribution in [0.4, 0.5) is 8.78 Å². The van der Waals surface area contributed by atoms with Gasteiger partial charge >= 0.3 is 0 Å². The van der Waals surface area contributed by atoms with Crippen molar-refractivity contribution < 1.29 is 8.78 Å². The average Bonchev–Trinajstić information content (AvgIpc) is 3.07. The monoisotopic (exact) mass is 312 g/mol. The number of halogens is 3. The van der Waals surface area contributed by atoms with Crippen LogP contribution in [0.15, 0.2) is 12.1 Å². The Kier molecular flexibility index (Phi) is 3.47. The van der Waals surface area contributed by atoms with Gasteiger partial charge in [0.05, 0.1) is 10.9 Å². The van der Waals surface area contributed by atoms with Crippen molar-refractivity contribution in [2.45, 2.75) is 45.5 Å². The summed E-state index contributed by atoms with van der Waals surface area (Å²) in [4.78, 5) is 4.31. The van der Waals surface area contributed by atoms with Crippen molar-refractivity contribution in [3.8, 4) is 0 Å². The van der Waals surface area contributed by atoms with Gasteiger partial charge in [-0.3, -0.25) is 0 Å². The highest BCUT2D eigenvalue weighted by Gasteiger charge is 2.46. The molecule has 1 heterocycles. The predicted octanol–water partition coefficient (Wildman–Crippen LogP) is 5.05. The molecule has 1 atom stereocenters. The normalized spacial score (nSPS) is 18.4. The van der Waals surface area contributed by atoms with Crippen molar-refractivity contribution in [3.05, 3.63) is 29.6 Å². The third-order valence-electron chi connectivity index (χ3n) is 4.75. The summed E-state index contributed by atoms with van der Waals surface area (Å²) in [6.07, 6.45) is 2.27. The maximum Gasteiger partial charge on any atom is 0.153 e. The molecule has 114 valence electrons. The van der Waals surface area contributed by atoms with Gasteiger partial charge in [0.15, 0.2) is 5.82 Å². The second kappa shape index (κ2) is 4.94. The zero-order chi connectivity index (χ0) is 15.4. The lowest BCUT2D eigenvalue weighted by Crippen LogP contribution is -2.19. The number of hydrogen-bond acceptors (Lipinski definition) is 1. The van der Waals surface area contributed by atoms with Crippen LogP contribution in [0, 0.1) is 23.0 Å². The topological polar surface area (TPSA) is 17.8 Å². The lowest BCUT2D eigenvalue weighted by molar-refractivity contribution is 0.308. The van der Waals surface area contributed by atoms with Gasteiger partial charge in [-0.15, -0.1) is 11.6 Å². The van der Waals surface area contributed by atoms with Gasteiger partial charge in [0.25, 0.3) is 0 Å². The Morgan fingerprint density at radius 1 is 1.29 bits per heavy atom. The molecule has 2 nitrogen and oxygen atoms in total. The van der Waals surface area contributed by atoms with E-state index in [0.717, 1.165) is 25.5 Å². The third-order valence-corrected chi connectivity index (χ3v) is 4.94. The quantitative estimate of drug-likeness (QED) is 0.722. The summed E-state index contributed by atoms with van der Waals surface area (Å²) >= 11 is 6.20. The Morgan fingerprint density at radius 3 is 2.48 bits per heavy atom. The Hall–Kier alpha value is -1.16. The van der Waals surface area contributed by atoms with Crippen molar-refractivity contribution in [2.75, 3.05) is 0 Å². The Bertz CT molecular complexity index is 687. The predicted molar refractivity (Wildman–Crippen MR) is 80.4 cm³/mol. The lowest BCUT2D eigenvalue weighted by atomic mass is 9.92. The maximum atomic E-state index is 14.0. The molecular formula is C16H19ClF2N2. The Balaban J connectivity index is 2.17. The van der Waals surface area contributed by atoms with Crippen molar-refractivity contribution in [2.24, 2.45) is 11.3 Å². The molecule has 0 saturated heterocycles. The zero-order valence-corrected chi connectivity index (χ0v) is 13.2. The van der Waals surface area contributed by atoms with Crippen LogP contribution in [-0.2, 0) is 6.54 Å². The van der Waals surface area contributed by atoms with Crippen LogP contribution >= 0.6 is 11.6 Å². The second-order valence-corrected chi connectivity index (χ2v) is 7.10. The maximum absolute atomic E-state index is 14.0. The van der Waals surface area contributed by atoms with Gasteiger partial charge in [-0.05, 0) is 37.2 Å². The zero-order valence-electron chi connectivity index (χ0n) is 12.5. The van der Waals surface area contributed by atoms with Crippen molar-refractivity contribution >= 4 is 22.6 Å². The van der Waals surface area contributed by atoms with Crippen LogP contribution in [0.3, 0.4) is 0 Å².